The van der Waals surface area contributed by atoms with Crippen LogP contribution in [0.25, 0.3) is 10.9 Å². The zero-order valence-corrected chi connectivity index (χ0v) is 7.70. The van der Waals surface area contributed by atoms with E-state index in [4.69, 9.17) is 0 Å². The number of rotatable bonds is 1. The molecule has 0 radical (unpaired) electrons. The highest BCUT2D eigenvalue weighted by atomic mass is 16.3. The fourth-order valence-corrected chi connectivity index (χ4v) is 1.32. The van der Waals surface area contributed by atoms with Crippen molar-refractivity contribution in [1.82, 2.24) is 10.2 Å². The van der Waals surface area contributed by atoms with Crippen LogP contribution in [0.3, 0.4) is 0 Å². The van der Waals surface area contributed by atoms with E-state index < -0.39 is 5.60 Å². The fourth-order valence-electron chi connectivity index (χ4n) is 1.32. The minimum Gasteiger partial charge on any atom is -0.386 e. The smallest absolute Gasteiger partial charge is 0.0840 e. The van der Waals surface area contributed by atoms with Gasteiger partial charge in [0.15, 0.2) is 0 Å². The van der Waals surface area contributed by atoms with Gasteiger partial charge in [0.25, 0.3) is 0 Å². The Kier molecular flexibility index (Phi) is 1.63. The van der Waals surface area contributed by atoms with Crippen LogP contribution in [0.2, 0.25) is 0 Å². The standard InChI is InChI=1S/C10H12N2O/c1-10(2,13)8-3-4-9-7(5-8)6-11-12-9/h3-6,13H,1-2H3,(H,11,12). The third-order valence-corrected chi connectivity index (χ3v) is 2.15. The Morgan fingerprint density at radius 3 is 2.85 bits per heavy atom. The summed E-state index contributed by atoms with van der Waals surface area (Å²) in [6.45, 7) is 3.54. The molecule has 0 aliphatic rings. The molecule has 2 rings (SSSR count). The van der Waals surface area contributed by atoms with Gasteiger partial charge in [0.2, 0.25) is 0 Å². The highest BCUT2D eigenvalue weighted by Crippen LogP contribution is 2.22. The summed E-state index contributed by atoms with van der Waals surface area (Å²) in [6.07, 6.45) is 1.75. The van der Waals surface area contributed by atoms with Crippen LogP contribution >= 0.6 is 0 Å². The number of hydrogen-bond donors (Lipinski definition) is 2. The number of hydrogen-bond acceptors (Lipinski definition) is 2. The number of nitrogens with zero attached hydrogens (tertiary/aromatic N) is 1. The number of nitrogens with one attached hydrogen (secondary N) is 1. The largest absolute Gasteiger partial charge is 0.386 e. The summed E-state index contributed by atoms with van der Waals surface area (Å²) in [6, 6.07) is 5.77. The van der Waals surface area contributed by atoms with Crippen molar-refractivity contribution in [3.8, 4) is 0 Å². The minimum atomic E-state index is -0.786. The van der Waals surface area contributed by atoms with Crippen LogP contribution < -0.4 is 0 Å². The number of benzene rings is 1. The molecule has 0 fully saturated rings. The zero-order valence-electron chi connectivity index (χ0n) is 7.70. The lowest BCUT2D eigenvalue weighted by molar-refractivity contribution is 0.0787. The van der Waals surface area contributed by atoms with Gasteiger partial charge in [0.1, 0.15) is 0 Å². The van der Waals surface area contributed by atoms with Crippen LogP contribution in [0.5, 0.6) is 0 Å². The first-order valence-electron chi connectivity index (χ1n) is 4.23. The van der Waals surface area contributed by atoms with Crippen LogP contribution in [-0.4, -0.2) is 15.3 Å². The maximum absolute atomic E-state index is 9.76. The average Bonchev–Trinajstić information content (AvgIpc) is 2.47. The molecule has 1 aromatic carbocycles. The predicted octanol–water partition coefficient (Wildman–Crippen LogP) is 1.79. The minimum absolute atomic E-state index is 0.786. The molecule has 0 unspecified atom stereocenters. The zero-order chi connectivity index (χ0) is 9.47. The van der Waals surface area contributed by atoms with Crippen LogP contribution in [0.1, 0.15) is 19.4 Å². The molecule has 1 heterocycles. The molecular formula is C10H12N2O. The average molecular weight is 176 g/mol. The molecule has 3 nitrogen and oxygen atoms in total. The number of H-pyrrole nitrogens is 1. The first-order chi connectivity index (χ1) is 6.07. The van der Waals surface area contributed by atoms with E-state index in [0.717, 1.165) is 16.5 Å². The van der Waals surface area contributed by atoms with E-state index in [1.807, 2.05) is 18.2 Å². The first kappa shape index (κ1) is 8.26. The van der Waals surface area contributed by atoms with E-state index in [-0.39, 0.29) is 0 Å². The molecule has 0 aliphatic heterocycles. The van der Waals surface area contributed by atoms with Gasteiger partial charge >= 0.3 is 0 Å². The molecule has 0 saturated carbocycles. The van der Waals surface area contributed by atoms with Crippen molar-refractivity contribution in [3.05, 3.63) is 30.0 Å². The van der Waals surface area contributed by atoms with Gasteiger partial charge in [-0.05, 0) is 31.5 Å². The Bertz CT molecular complexity index is 426. The summed E-state index contributed by atoms with van der Waals surface area (Å²) in [5, 5.41) is 17.6. The lowest BCUT2D eigenvalue weighted by Gasteiger charge is -2.17. The summed E-state index contributed by atoms with van der Waals surface area (Å²) >= 11 is 0. The predicted molar refractivity (Wildman–Crippen MR) is 51.3 cm³/mol. The maximum atomic E-state index is 9.76. The van der Waals surface area contributed by atoms with Gasteiger partial charge in [0.05, 0.1) is 17.3 Å². The van der Waals surface area contributed by atoms with Crippen LogP contribution in [0.15, 0.2) is 24.4 Å². The van der Waals surface area contributed by atoms with Gasteiger partial charge in [-0.2, -0.15) is 5.10 Å². The number of aromatic nitrogens is 2. The fraction of sp³-hybridized carbons (Fsp3) is 0.300. The van der Waals surface area contributed by atoms with Crippen molar-refractivity contribution >= 4 is 10.9 Å². The molecule has 0 aliphatic carbocycles. The molecular weight excluding hydrogens is 164 g/mol. The third kappa shape index (κ3) is 1.42. The lowest BCUT2D eigenvalue weighted by Crippen LogP contribution is -2.14. The molecule has 3 heteroatoms. The molecule has 0 saturated heterocycles. The monoisotopic (exact) mass is 176 g/mol. The van der Waals surface area contributed by atoms with E-state index in [9.17, 15) is 5.11 Å². The van der Waals surface area contributed by atoms with Gasteiger partial charge in [-0.15, -0.1) is 0 Å². The Morgan fingerprint density at radius 1 is 1.38 bits per heavy atom. The lowest BCUT2D eigenvalue weighted by atomic mass is 9.97. The SMILES string of the molecule is CC(C)(O)c1ccc2[nH]ncc2c1. The summed E-state index contributed by atoms with van der Waals surface area (Å²) in [5.74, 6) is 0. The Balaban J connectivity index is 2.61. The molecule has 0 spiro atoms. The van der Waals surface area contributed by atoms with Gasteiger partial charge in [-0.25, -0.2) is 0 Å². The third-order valence-electron chi connectivity index (χ3n) is 2.15. The molecule has 0 amide bonds. The van der Waals surface area contributed by atoms with Crippen LogP contribution in [0, 0.1) is 0 Å². The van der Waals surface area contributed by atoms with E-state index in [1.54, 1.807) is 20.0 Å². The number of aliphatic hydroxyl groups is 1. The molecule has 13 heavy (non-hydrogen) atoms. The van der Waals surface area contributed by atoms with E-state index in [0.29, 0.717) is 0 Å². The number of aromatic amines is 1. The van der Waals surface area contributed by atoms with E-state index >= 15 is 0 Å². The Hall–Kier alpha value is -1.35. The highest BCUT2D eigenvalue weighted by molar-refractivity contribution is 5.78. The molecule has 2 aromatic rings. The molecule has 0 bridgehead atoms. The second-order valence-corrected chi connectivity index (χ2v) is 3.73. The van der Waals surface area contributed by atoms with Crippen molar-refractivity contribution in [3.63, 3.8) is 0 Å². The second kappa shape index (κ2) is 2.57. The van der Waals surface area contributed by atoms with Crippen LogP contribution in [-0.2, 0) is 5.60 Å². The summed E-state index contributed by atoms with van der Waals surface area (Å²) in [4.78, 5) is 0. The van der Waals surface area contributed by atoms with E-state index in [2.05, 4.69) is 10.2 Å². The topological polar surface area (TPSA) is 48.9 Å². The molecule has 68 valence electrons. The van der Waals surface area contributed by atoms with Crippen molar-refractivity contribution < 1.29 is 5.11 Å². The normalized spacial score (nSPS) is 12.2. The quantitative estimate of drug-likeness (QED) is 0.696. The maximum Gasteiger partial charge on any atom is 0.0840 e. The summed E-state index contributed by atoms with van der Waals surface area (Å²) < 4.78 is 0. The molecule has 1 aromatic heterocycles. The number of fused-ring (bicyclic) bond motifs is 1. The highest BCUT2D eigenvalue weighted by Gasteiger charge is 2.15. The Morgan fingerprint density at radius 2 is 2.15 bits per heavy atom. The first-order valence-corrected chi connectivity index (χ1v) is 4.23. The van der Waals surface area contributed by atoms with Crippen LogP contribution in [0.4, 0.5) is 0 Å². The van der Waals surface area contributed by atoms with Gasteiger partial charge in [0, 0.05) is 5.39 Å². The van der Waals surface area contributed by atoms with Gasteiger partial charge in [-0.3, -0.25) is 5.10 Å². The Labute approximate surface area is 76.4 Å². The summed E-state index contributed by atoms with van der Waals surface area (Å²) in [5.41, 5.74) is 1.11. The second-order valence-electron chi connectivity index (χ2n) is 3.73. The van der Waals surface area contributed by atoms with Crippen molar-refractivity contribution in [2.75, 3.05) is 0 Å². The van der Waals surface area contributed by atoms with Crippen molar-refractivity contribution in [1.29, 1.82) is 0 Å². The molecule has 2 N–H and O–H groups in total. The van der Waals surface area contributed by atoms with Crippen molar-refractivity contribution in [2.45, 2.75) is 19.4 Å². The summed E-state index contributed by atoms with van der Waals surface area (Å²) in [7, 11) is 0. The van der Waals surface area contributed by atoms with E-state index in [1.165, 1.54) is 0 Å². The van der Waals surface area contributed by atoms with Crippen molar-refractivity contribution in [2.24, 2.45) is 0 Å². The van der Waals surface area contributed by atoms with Gasteiger partial charge in [-0.1, -0.05) is 6.07 Å². The molecule has 0 atom stereocenters. The van der Waals surface area contributed by atoms with Gasteiger partial charge < -0.3 is 5.11 Å².